The van der Waals surface area contributed by atoms with Crippen molar-refractivity contribution in [3.8, 4) is 11.7 Å². The summed E-state index contributed by atoms with van der Waals surface area (Å²) in [7, 11) is 0. The third-order valence-corrected chi connectivity index (χ3v) is 4.34. The number of amides is 1. The minimum Gasteiger partial charge on any atom is -0.481 e. The second-order valence-electron chi connectivity index (χ2n) is 5.74. The Labute approximate surface area is 132 Å². The van der Waals surface area contributed by atoms with Gasteiger partial charge >= 0.3 is 5.97 Å². The fraction of sp³-hybridized carbons (Fsp3) is 0.438. The second-order valence-corrected chi connectivity index (χ2v) is 5.74. The van der Waals surface area contributed by atoms with E-state index in [-0.39, 0.29) is 18.4 Å². The van der Waals surface area contributed by atoms with E-state index in [1.165, 1.54) is 6.26 Å². The molecule has 3 heterocycles. The monoisotopic (exact) mass is 318 g/mol. The van der Waals surface area contributed by atoms with E-state index in [0.29, 0.717) is 36.1 Å². The normalized spacial score (nSPS) is 20.9. The van der Waals surface area contributed by atoms with Crippen molar-refractivity contribution in [1.82, 2.24) is 9.88 Å². The van der Waals surface area contributed by atoms with Gasteiger partial charge in [-0.3, -0.25) is 9.59 Å². The zero-order chi connectivity index (χ0) is 16.6. The van der Waals surface area contributed by atoms with Crippen LogP contribution in [0.1, 0.15) is 24.8 Å². The SMILES string of the molecule is Cc1oc(-c2ccco2)nc1CC(=O)N1CCC(C(=O)O)C1C. The molecule has 1 N–H and O–H groups in total. The molecule has 1 fully saturated rings. The largest absolute Gasteiger partial charge is 0.481 e. The van der Waals surface area contributed by atoms with E-state index < -0.39 is 11.9 Å². The molecule has 23 heavy (non-hydrogen) atoms. The van der Waals surface area contributed by atoms with Gasteiger partial charge in [-0.2, -0.15) is 0 Å². The molecule has 2 atom stereocenters. The number of nitrogens with zero attached hydrogens (tertiary/aromatic N) is 2. The Hall–Kier alpha value is -2.57. The highest BCUT2D eigenvalue weighted by Gasteiger charge is 2.38. The molecule has 2 aromatic heterocycles. The molecule has 122 valence electrons. The number of hydrogen-bond acceptors (Lipinski definition) is 5. The summed E-state index contributed by atoms with van der Waals surface area (Å²) >= 11 is 0. The van der Waals surface area contributed by atoms with Gasteiger partial charge < -0.3 is 18.8 Å². The lowest BCUT2D eigenvalue weighted by molar-refractivity contribution is -0.143. The molecular weight excluding hydrogens is 300 g/mol. The van der Waals surface area contributed by atoms with E-state index in [9.17, 15) is 9.59 Å². The summed E-state index contributed by atoms with van der Waals surface area (Å²) in [5.41, 5.74) is 0.548. The molecule has 0 radical (unpaired) electrons. The number of furan rings is 1. The van der Waals surface area contributed by atoms with Crippen molar-refractivity contribution in [2.24, 2.45) is 5.92 Å². The Morgan fingerprint density at radius 1 is 1.48 bits per heavy atom. The minimum atomic E-state index is -0.856. The minimum absolute atomic E-state index is 0.0900. The first kappa shape index (κ1) is 15.3. The molecule has 7 heteroatoms. The first-order valence-electron chi connectivity index (χ1n) is 7.50. The molecule has 1 aliphatic rings. The molecule has 0 bridgehead atoms. The summed E-state index contributed by atoms with van der Waals surface area (Å²) in [6, 6.07) is 3.16. The number of hydrogen-bond donors (Lipinski definition) is 1. The molecule has 2 unspecified atom stereocenters. The Morgan fingerprint density at radius 2 is 2.26 bits per heavy atom. The summed E-state index contributed by atoms with van der Waals surface area (Å²) in [5, 5.41) is 9.15. The van der Waals surface area contributed by atoms with Gasteiger partial charge in [-0.15, -0.1) is 0 Å². The highest BCUT2D eigenvalue weighted by molar-refractivity contribution is 5.81. The summed E-state index contributed by atoms with van der Waals surface area (Å²) in [5.74, 6) is -0.0861. The standard InChI is InChI=1S/C16H18N2O5/c1-9-11(16(20)21)5-6-18(9)14(19)8-12-10(2)23-15(17-12)13-4-3-7-22-13/h3-4,7,9,11H,5-6,8H2,1-2H3,(H,20,21). The highest BCUT2D eigenvalue weighted by Crippen LogP contribution is 2.26. The molecule has 1 amide bonds. The lowest BCUT2D eigenvalue weighted by Gasteiger charge is -2.23. The Morgan fingerprint density at radius 3 is 2.87 bits per heavy atom. The number of aromatic nitrogens is 1. The first-order valence-corrected chi connectivity index (χ1v) is 7.50. The number of carbonyl (C=O) groups is 2. The number of aliphatic carboxylic acids is 1. The van der Waals surface area contributed by atoms with Gasteiger partial charge in [-0.1, -0.05) is 0 Å². The van der Waals surface area contributed by atoms with Crippen LogP contribution in [0.4, 0.5) is 0 Å². The molecule has 7 nitrogen and oxygen atoms in total. The van der Waals surface area contributed by atoms with E-state index in [1.807, 2.05) is 0 Å². The number of carbonyl (C=O) groups excluding carboxylic acids is 1. The topological polar surface area (TPSA) is 96.8 Å². The number of oxazole rings is 1. The van der Waals surface area contributed by atoms with Gasteiger partial charge in [0.15, 0.2) is 5.76 Å². The summed E-state index contributed by atoms with van der Waals surface area (Å²) in [6.07, 6.45) is 2.10. The smallest absolute Gasteiger partial charge is 0.308 e. The Bertz CT molecular complexity index is 719. The van der Waals surface area contributed by atoms with Crippen molar-refractivity contribution in [2.45, 2.75) is 32.7 Å². The molecule has 1 saturated heterocycles. The lowest BCUT2D eigenvalue weighted by atomic mass is 10.0. The molecule has 0 saturated carbocycles. The lowest BCUT2D eigenvalue weighted by Crippen LogP contribution is -2.38. The van der Waals surface area contributed by atoms with Gasteiger partial charge in [-0.25, -0.2) is 4.98 Å². The summed E-state index contributed by atoms with van der Waals surface area (Å²) < 4.78 is 10.8. The van der Waals surface area contributed by atoms with Crippen LogP contribution in [0.5, 0.6) is 0 Å². The molecule has 2 aromatic rings. The van der Waals surface area contributed by atoms with Crippen molar-refractivity contribution in [3.63, 3.8) is 0 Å². The predicted octanol–water partition coefficient (Wildman–Crippen LogP) is 2.11. The zero-order valence-corrected chi connectivity index (χ0v) is 13.0. The average molecular weight is 318 g/mol. The maximum atomic E-state index is 12.5. The van der Waals surface area contributed by atoms with E-state index in [0.717, 1.165) is 0 Å². The molecule has 3 rings (SSSR count). The summed E-state index contributed by atoms with van der Waals surface area (Å²) in [4.78, 5) is 29.5. The van der Waals surface area contributed by atoms with Crippen molar-refractivity contribution < 1.29 is 23.5 Å². The summed E-state index contributed by atoms with van der Waals surface area (Å²) in [6.45, 7) is 3.97. The predicted molar refractivity (Wildman–Crippen MR) is 79.6 cm³/mol. The Balaban J connectivity index is 1.73. The van der Waals surface area contributed by atoms with Crippen LogP contribution in [-0.2, 0) is 16.0 Å². The van der Waals surface area contributed by atoms with Gasteiger partial charge in [0, 0.05) is 12.6 Å². The van der Waals surface area contributed by atoms with Gasteiger partial charge in [0.2, 0.25) is 5.91 Å². The third-order valence-electron chi connectivity index (χ3n) is 4.34. The van der Waals surface area contributed by atoms with E-state index >= 15 is 0 Å². The van der Waals surface area contributed by atoms with E-state index in [2.05, 4.69) is 4.98 Å². The fourth-order valence-corrected chi connectivity index (χ4v) is 2.96. The molecule has 0 aromatic carbocycles. The van der Waals surface area contributed by atoms with Crippen LogP contribution in [0, 0.1) is 12.8 Å². The van der Waals surface area contributed by atoms with E-state index in [1.54, 1.807) is 30.9 Å². The molecule has 1 aliphatic heterocycles. The Kier molecular flexibility index (Phi) is 3.94. The van der Waals surface area contributed by atoms with Crippen LogP contribution in [-0.4, -0.2) is 39.5 Å². The van der Waals surface area contributed by atoms with Crippen LogP contribution in [0.2, 0.25) is 0 Å². The van der Waals surface area contributed by atoms with Gasteiger partial charge in [0.1, 0.15) is 5.76 Å². The van der Waals surface area contributed by atoms with Gasteiger partial charge in [0.05, 0.1) is 24.3 Å². The number of rotatable bonds is 4. The number of carboxylic acid groups (broad SMARTS) is 1. The highest BCUT2D eigenvalue weighted by atomic mass is 16.4. The van der Waals surface area contributed by atoms with E-state index in [4.69, 9.17) is 13.9 Å². The maximum absolute atomic E-state index is 12.5. The van der Waals surface area contributed by atoms with Crippen molar-refractivity contribution >= 4 is 11.9 Å². The van der Waals surface area contributed by atoms with Crippen LogP contribution in [0.15, 0.2) is 27.2 Å². The fourth-order valence-electron chi connectivity index (χ4n) is 2.96. The third kappa shape index (κ3) is 2.86. The molecular formula is C16H18N2O5. The quantitative estimate of drug-likeness (QED) is 0.927. The van der Waals surface area contributed by atoms with Crippen LogP contribution >= 0.6 is 0 Å². The zero-order valence-electron chi connectivity index (χ0n) is 13.0. The second kappa shape index (κ2) is 5.91. The van der Waals surface area contributed by atoms with Crippen LogP contribution in [0.25, 0.3) is 11.7 Å². The van der Waals surface area contributed by atoms with Crippen LogP contribution in [0.3, 0.4) is 0 Å². The van der Waals surface area contributed by atoms with Crippen molar-refractivity contribution in [2.75, 3.05) is 6.54 Å². The van der Waals surface area contributed by atoms with Crippen molar-refractivity contribution in [3.05, 3.63) is 29.9 Å². The number of carboxylic acids is 1. The van der Waals surface area contributed by atoms with Gasteiger partial charge in [0.25, 0.3) is 5.89 Å². The average Bonchev–Trinajstić information content (AvgIpc) is 3.19. The molecule has 0 spiro atoms. The first-order chi connectivity index (χ1) is 11.0. The van der Waals surface area contributed by atoms with Gasteiger partial charge in [-0.05, 0) is 32.4 Å². The van der Waals surface area contributed by atoms with Crippen molar-refractivity contribution in [1.29, 1.82) is 0 Å². The van der Waals surface area contributed by atoms with Crippen LogP contribution < -0.4 is 0 Å². The number of aryl methyl sites for hydroxylation is 1. The number of likely N-dealkylation sites (tertiary alicyclic amines) is 1. The molecule has 0 aliphatic carbocycles. The maximum Gasteiger partial charge on any atom is 0.308 e.